The number of halogens is 1. The van der Waals surface area contributed by atoms with Crippen molar-refractivity contribution >= 4 is 11.9 Å². The zero-order chi connectivity index (χ0) is 20.4. The molecule has 4 rings (SSSR count). The predicted molar refractivity (Wildman–Crippen MR) is 107 cm³/mol. The molecule has 0 fully saturated rings. The van der Waals surface area contributed by atoms with Gasteiger partial charge in [-0.1, -0.05) is 32.0 Å². The number of nitrogens with one attached hydrogen (secondary N) is 2. The van der Waals surface area contributed by atoms with Gasteiger partial charge in [-0.3, -0.25) is 15.2 Å². The first kappa shape index (κ1) is 18.5. The van der Waals surface area contributed by atoms with E-state index < -0.39 is 0 Å². The number of carbonyl (C=O) groups excluding carboxylic acids is 1. The van der Waals surface area contributed by atoms with Crippen LogP contribution >= 0.6 is 0 Å². The number of amides is 1. The largest absolute Gasteiger partial charge is 0.289 e. The molecule has 0 radical (unpaired) electrons. The quantitative estimate of drug-likeness (QED) is 0.535. The van der Waals surface area contributed by atoms with Crippen molar-refractivity contribution < 1.29 is 9.18 Å². The van der Waals surface area contributed by atoms with Gasteiger partial charge < -0.3 is 0 Å². The average Bonchev–Trinajstić information content (AvgIpc) is 3.36. The van der Waals surface area contributed by atoms with Crippen molar-refractivity contribution in [3.63, 3.8) is 0 Å². The van der Waals surface area contributed by atoms with Gasteiger partial charge in [0.15, 0.2) is 5.82 Å². The molecule has 0 atom stereocenters. The molecular weight excluding hydrogens is 371 g/mol. The summed E-state index contributed by atoms with van der Waals surface area (Å²) in [6.45, 7) is 4.01. The zero-order valence-electron chi connectivity index (χ0n) is 15.9. The summed E-state index contributed by atoms with van der Waals surface area (Å²) in [7, 11) is 0. The molecule has 29 heavy (non-hydrogen) atoms. The Morgan fingerprint density at radius 2 is 1.83 bits per heavy atom. The molecule has 7 nitrogen and oxygen atoms in total. The molecule has 0 unspecified atom stereocenters. The van der Waals surface area contributed by atoms with Crippen molar-refractivity contribution in [2.45, 2.75) is 19.8 Å². The Balaban J connectivity index is 1.59. The summed E-state index contributed by atoms with van der Waals surface area (Å²) in [5.74, 6) is -0.0415. The number of rotatable bonds is 5. The number of aromatic amines is 1. The maximum atomic E-state index is 13.1. The number of benzene rings is 2. The van der Waals surface area contributed by atoms with Crippen LogP contribution in [-0.2, 0) is 0 Å². The molecule has 0 aliphatic carbocycles. The van der Waals surface area contributed by atoms with Crippen molar-refractivity contribution in [2.24, 2.45) is 0 Å². The Bertz CT molecular complexity index is 1130. The Morgan fingerprint density at radius 3 is 2.52 bits per heavy atom. The lowest BCUT2D eigenvalue weighted by molar-refractivity contribution is 0.102. The summed E-state index contributed by atoms with van der Waals surface area (Å²) >= 11 is 0. The van der Waals surface area contributed by atoms with Gasteiger partial charge in [0.1, 0.15) is 5.82 Å². The number of hydrogen-bond donors (Lipinski definition) is 2. The smallest absolute Gasteiger partial charge is 0.261 e. The van der Waals surface area contributed by atoms with Gasteiger partial charge in [-0.05, 0) is 42.3 Å². The van der Waals surface area contributed by atoms with Crippen LogP contribution in [0.4, 0.5) is 10.3 Å². The fourth-order valence-corrected chi connectivity index (χ4v) is 3.09. The molecule has 4 aromatic rings. The van der Waals surface area contributed by atoms with E-state index in [-0.39, 0.29) is 23.6 Å². The molecule has 0 bridgehead atoms. The summed E-state index contributed by atoms with van der Waals surface area (Å²) in [4.78, 5) is 17.1. The van der Waals surface area contributed by atoms with Crippen LogP contribution in [0.15, 0.2) is 60.8 Å². The van der Waals surface area contributed by atoms with Crippen LogP contribution in [0.2, 0.25) is 0 Å². The van der Waals surface area contributed by atoms with Gasteiger partial charge in [0, 0.05) is 5.56 Å². The van der Waals surface area contributed by atoms with Gasteiger partial charge in [-0.15, -0.1) is 5.10 Å². The Labute approximate surface area is 166 Å². The number of anilines is 1. The fourth-order valence-electron chi connectivity index (χ4n) is 3.09. The second kappa shape index (κ2) is 7.67. The average molecular weight is 390 g/mol. The highest BCUT2D eigenvalue weighted by atomic mass is 19.1. The molecule has 2 aromatic heterocycles. The molecule has 2 N–H and O–H groups in total. The first-order valence-corrected chi connectivity index (χ1v) is 9.16. The summed E-state index contributed by atoms with van der Waals surface area (Å²) in [6.07, 6.45) is 1.55. The Hall–Kier alpha value is -3.81. The monoisotopic (exact) mass is 390 g/mol. The molecule has 0 saturated heterocycles. The van der Waals surface area contributed by atoms with Crippen molar-refractivity contribution in [2.75, 3.05) is 5.32 Å². The SMILES string of the molecule is CC(C)c1c(C(=O)Nc2n[nH]c(-c3ccc(F)cc3)n2)cnn1-c1ccccc1. The molecule has 0 saturated carbocycles. The third kappa shape index (κ3) is 3.77. The van der Waals surface area contributed by atoms with Crippen LogP contribution < -0.4 is 5.32 Å². The van der Waals surface area contributed by atoms with Crippen molar-refractivity contribution in [1.82, 2.24) is 25.0 Å². The van der Waals surface area contributed by atoms with Gasteiger partial charge >= 0.3 is 0 Å². The van der Waals surface area contributed by atoms with Crippen molar-refractivity contribution in [3.8, 4) is 17.1 Å². The number of para-hydroxylation sites is 1. The van der Waals surface area contributed by atoms with Crippen molar-refractivity contribution in [1.29, 1.82) is 0 Å². The highest BCUT2D eigenvalue weighted by Crippen LogP contribution is 2.24. The third-order valence-electron chi connectivity index (χ3n) is 4.43. The number of H-pyrrole nitrogens is 1. The van der Waals surface area contributed by atoms with E-state index in [9.17, 15) is 9.18 Å². The van der Waals surface area contributed by atoms with E-state index in [2.05, 4.69) is 25.6 Å². The molecule has 0 aliphatic rings. The zero-order valence-corrected chi connectivity index (χ0v) is 15.9. The van der Waals surface area contributed by atoms with E-state index >= 15 is 0 Å². The standard InChI is InChI=1S/C21H19FN6O/c1-13(2)18-17(12-23-28(18)16-6-4-3-5-7-16)20(29)25-21-24-19(26-27-21)14-8-10-15(22)11-9-14/h3-13H,1-2H3,(H2,24,25,26,27,29). The van der Waals surface area contributed by atoms with E-state index in [4.69, 9.17) is 0 Å². The third-order valence-corrected chi connectivity index (χ3v) is 4.43. The predicted octanol–water partition coefficient (Wildman–Crippen LogP) is 4.17. The Morgan fingerprint density at radius 1 is 1.10 bits per heavy atom. The molecule has 146 valence electrons. The first-order valence-electron chi connectivity index (χ1n) is 9.16. The van der Waals surface area contributed by atoms with E-state index in [1.165, 1.54) is 12.1 Å². The molecule has 0 spiro atoms. The second-order valence-electron chi connectivity index (χ2n) is 6.81. The van der Waals surface area contributed by atoms with E-state index in [0.29, 0.717) is 17.0 Å². The summed E-state index contributed by atoms with van der Waals surface area (Å²) in [5, 5.41) is 13.9. The lowest BCUT2D eigenvalue weighted by Crippen LogP contribution is -2.16. The summed E-state index contributed by atoms with van der Waals surface area (Å²) in [5.41, 5.74) is 2.80. The van der Waals surface area contributed by atoms with E-state index in [1.807, 2.05) is 44.2 Å². The van der Waals surface area contributed by atoms with Gasteiger partial charge in [0.25, 0.3) is 5.91 Å². The summed E-state index contributed by atoms with van der Waals surface area (Å²) in [6, 6.07) is 15.5. The normalized spacial score (nSPS) is 11.0. The summed E-state index contributed by atoms with van der Waals surface area (Å²) < 4.78 is 14.8. The van der Waals surface area contributed by atoms with Crippen LogP contribution in [0.3, 0.4) is 0 Å². The number of carbonyl (C=O) groups is 1. The van der Waals surface area contributed by atoms with Crippen molar-refractivity contribution in [3.05, 3.63) is 77.9 Å². The maximum Gasteiger partial charge on any atom is 0.261 e. The topological polar surface area (TPSA) is 88.5 Å². The van der Waals surface area contributed by atoms with Gasteiger partial charge in [-0.25, -0.2) is 9.07 Å². The minimum absolute atomic E-state index is 0.0698. The van der Waals surface area contributed by atoms with Crippen LogP contribution in [0.25, 0.3) is 17.1 Å². The molecule has 2 heterocycles. The van der Waals surface area contributed by atoms with Gasteiger partial charge in [0.2, 0.25) is 5.95 Å². The van der Waals surface area contributed by atoms with Gasteiger partial charge in [0.05, 0.1) is 23.1 Å². The first-order chi connectivity index (χ1) is 14.0. The van der Waals surface area contributed by atoms with E-state index in [0.717, 1.165) is 11.4 Å². The van der Waals surface area contributed by atoms with E-state index in [1.54, 1.807) is 23.0 Å². The molecular formula is C21H19FN6O. The maximum absolute atomic E-state index is 13.1. The highest BCUT2D eigenvalue weighted by Gasteiger charge is 2.22. The minimum atomic E-state index is -0.347. The fraction of sp³-hybridized carbons (Fsp3) is 0.143. The lowest BCUT2D eigenvalue weighted by Gasteiger charge is -2.12. The highest BCUT2D eigenvalue weighted by molar-refractivity contribution is 6.04. The minimum Gasteiger partial charge on any atom is -0.289 e. The second-order valence-corrected chi connectivity index (χ2v) is 6.81. The molecule has 2 aromatic carbocycles. The molecule has 1 amide bonds. The number of aromatic nitrogens is 5. The van der Waals surface area contributed by atoms with Gasteiger partial charge in [-0.2, -0.15) is 10.1 Å². The molecule has 0 aliphatic heterocycles. The lowest BCUT2D eigenvalue weighted by atomic mass is 10.1. The number of nitrogens with zero attached hydrogens (tertiary/aromatic N) is 4. The van der Waals surface area contributed by atoms with Crippen LogP contribution in [0.5, 0.6) is 0 Å². The van der Waals surface area contributed by atoms with Crippen LogP contribution in [-0.4, -0.2) is 30.9 Å². The van der Waals surface area contributed by atoms with Crippen LogP contribution in [0.1, 0.15) is 35.8 Å². The molecule has 8 heteroatoms. The van der Waals surface area contributed by atoms with Crippen LogP contribution in [0, 0.1) is 5.82 Å². The number of hydrogen-bond acceptors (Lipinski definition) is 4. The Kier molecular flexibility index (Phi) is 4.90.